The minimum atomic E-state index is -0.728. The number of ether oxygens (including phenoxy) is 1. The molecule has 1 aromatic carbocycles. The molecule has 25 heavy (non-hydrogen) atoms. The molecule has 7 heteroatoms. The molecule has 0 aliphatic carbocycles. The number of hydrogen-bond donors (Lipinski definition) is 0. The summed E-state index contributed by atoms with van der Waals surface area (Å²) >= 11 is 0. The van der Waals surface area contributed by atoms with Gasteiger partial charge in [0.2, 0.25) is 5.91 Å². The Morgan fingerprint density at radius 3 is 2.52 bits per heavy atom. The number of rotatable bonds is 7. The lowest BCUT2D eigenvalue weighted by molar-refractivity contribution is -0.135. The second kappa shape index (κ2) is 8.00. The summed E-state index contributed by atoms with van der Waals surface area (Å²) in [6.45, 7) is 2.84. The maximum Gasteiger partial charge on any atom is 0.326 e. The Balaban J connectivity index is 1.84. The lowest BCUT2D eigenvalue weighted by Gasteiger charge is -2.21. The third-order valence-electron chi connectivity index (χ3n) is 4.50. The van der Waals surface area contributed by atoms with Crippen molar-refractivity contribution >= 4 is 17.8 Å². The van der Waals surface area contributed by atoms with E-state index in [0.29, 0.717) is 13.2 Å². The van der Waals surface area contributed by atoms with Crippen LogP contribution in [0.25, 0.3) is 0 Å². The zero-order chi connectivity index (χ0) is 18.6. The third-order valence-corrected chi connectivity index (χ3v) is 4.50. The van der Waals surface area contributed by atoms with Gasteiger partial charge in [0.25, 0.3) is 5.91 Å². The molecular formula is C18H25N3O4. The molecule has 7 nitrogen and oxygen atoms in total. The first-order valence-corrected chi connectivity index (χ1v) is 8.35. The second-order valence-corrected chi connectivity index (χ2v) is 6.14. The van der Waals surface area contributed by atoms with Crippen molar-refractivity contribution in [1.82, 2.24) is 14.7 Å². The van der Waals surface area contributed by atoms with Gasteiger partial charge < -0.3 is 14.5 Å². The van der Waals surface area contributed by atoms with Crippen molar-refractivity contribution in [2.75, 3.05) is 34.3 Å². The van der Waals surface area contributed by atoms with Crippen LogP contribution in [0.15, 0.2) is 24.3 Å². The normalized spacial score (nSPS) is 17.2. The molecule has 1 saturated heterocycles. The van der Waals surface area contributed by atoms with Crippen molar-refractivity contribution in [2.45, 2.75) is 25.8 Å². The number of carbonyl (C=O) groups excluding carboxylic acids is 3. The van der Waals surface area contributed by atoms with E-state index in [4.69, 9.17) is 4.74 Å². The molecule has 0 N–H and O–H groups in total. The predicted octanol–water partition coefficient (Wildman–Crippen LogP) is 1.37. The number of hydrogen-bond acceptors (Lipinski definition) is 4. The summed E-state index contributed by atoms with van der Waals surface area (Å²) in [7, 11) is 4.63. The monoisotopic (exact) mass is 347 g/mol. The first kappa shape index (κ1) is 18.8. The van der Waals surface area contributed by atoms with E-state index in [1.165, 1.54) is 23.9 Å². The smallest absolute Gasteiger partial charge is 0.326 e. The molecule has 1 aliphatic heterocycles. The van der Waals surface area contributed by atoms with Gasteiger partial charge in [-0.1, -0.05) is 25.1 Å². The standard InChI is InChI=1S/C18H25N3O4/c1-5-13-8-6-7-9-15(13)25-11-10-19(2)16(22)12-14-17(23)21(4)18(24)20(14)3/h6-9,14H,5,10-12H2,1-4H3. The molecule has 0 aromatic heterocycles. The van der Waals surface area contributed by atoms with Crippen LogP contribution >= 0.6 is 0 Å². The van der Waals surface area contributed by atoms with Gasteiger partial charge in [0.15, 0.2) is 0 Å². The summed E-state index contributed by atoms with van der Waals surface area (Å²) in [6.07, 6.45) is 0.857. The Kier molecular flexibility index (Phi) is 6.01. The number of likely N-dealkylation sites (N-methyl/N-ethyl adjacent to an activating group) is 3. The first-order valence-electron chi connectivity index (χ1n) is 8.35. The number of amides is 4. The zero-order valence-electron chi connectivity index (χ0n) is 15.2. The lowest BCUT2D eigenvalue weighted by atomic mass is 10.1. The van der Waals surface area contributed by atoms with Crippen molar-refractivity contribution in [2.24, 2.45) is 0 Å². The van der Waals surface area contributed by atoms with Crippen LogP contribution in [0, 0.1) is 0 Å². The molecule has 2 rings (SSSR count). The number of benzene rings is 1. The highest BCUT2D eigenvalue weighted by atomic mass is 16.5. The Morgan fingerprint density at radius 2 is 1.92 bits per heavy atom. The SMILES string of the molecule is CCc1ccccc1OCCN(C)C(=O)CC1C(=O)N(C)C(=O)N1C. The van der Waals surface area contributed by atoms with Gasteiger partial charge in [-0.3, -0.25) is 14.5 Å². The molecule has 1 atom stereocenters. The Hall–Kier alpha value is -2.57. The second-order valence-electron chi connectivity index (χ2n) is 6.14. The predicted molar refractivity (Wildman–Crippen MR) is 93.3 cm³/mol. The van der Waals surface area contributed by atoms with E-state index in [0.717, 1.165) is 22.6 Å². The number of aryl methyl sites for hydroxylation is 1. The van der Waals surface area contributed by atoms with Crippen molar-refractivity contribution < 1.29 is 19.1 Å². The summed E-state index contributed by atoms with van der Waals surface area (Å²) in [5, 5.41) is 0. The molecule has 4 amide bonds. The molecule has 0 saturated carbocycles. The van der Waals surface area contributed by atoms with Gasteiger partial charge in [0.1, 0.15) is 18.4 Å². The topological polar surface area (TPSA) is 70.2 Å². The maximum absolute atomic E-state index is 12.3. The van der Waals surface area contributed by atoms with E-state index in [9.17, 15) is 14.4 Å². The Bertz CT molecular complexity index is 661. The van der Waals surface area contributed by atoms with Crippen molar-refractivity contribution in [3.8, 4) is 5.75 Å². The van der Waals surface area contributed by atoms with Crippen molar-refractivity contribution in [1.29, 1.82) is 0 Å². The lowest BCUT2D eigenvalue weighted by Crippen LogP contribution is -2.39. The summed E-state index contributed by atoms with van der Waals surface area (Å²) < 4.78 is 5.76. The number of imide groups is 1. The summed E-state index contributed by atoms with van der Waals surface area (Å²) in [4.78, 5) is 40.0. The van der Waals surface area contributed by atoms with Crippen LogP contribution in [0.3, 0.4) is 0 Å². The third kappa shape index (κ3) is 4.10. The van der Waals surface area contributed by atoms with Gasteiger partial charge in [0, 0.05) is 21.1 Å². The van der Waals surface area contributed by atoms with Gasteiger partial charge >= 0.3 is 6.03 Å². The summed E-state index contributed by atoms with van der Waals surface area (Å²) in [6, 6.07) is 6.69. The maximum atomic E-state index is 12.3. The number of para-hydroxylation sites is 1. The van der Waals surface area contributed by atoms with E-state index in [1.807, 2.05) is 24.3 Å². The number of carbonyl (C=O) groups is 3. The number of urea groups is 1. The Morgan fingerprint density at radius 1 is 1.24 bits per heavy atom. The van der Waals surface area contributed by atoms with Gasteiger partial charge in [0.05, 0.1) is 13.0 Å². The van der Waals surface area contributed by atoms with Crippen LogP contribution in [0.1, 0.15) is 18.9 Å². The van der Waals surface area contributed by atoms with Crippen LogP contribution in [0.5, 0.6) is 5.75 Å². The van der Waals surface area contributed by atoms with Gasteiger partial charge in [-0.25, -0.2) is 4.79 Å². The van der Waals surface area contributed by atoms with Crippen molar-refractivity contribution in [3.63, 3.8) is 0 Å². The van der Waals surface area contributed by atoms with Crippen LogP contribution in [-0.2, 0) is 16.0 Å². The van der Waals surface area contributed by atoms with Crippen LogP contribution < -0.4 is 4.74 Å². The molecule has 1 unspecified atom stereocenters. The van der Waals surface area contributed by atoms with Crippen LogP contribution in [0.4, 0.5) is 4.79 Å². The van der Waals surface area contributed by atoms with Crippen molar-refractivity contribution in [3.05, 3.63) is 29.8 Å². The van der Waals surface area contributed by atoms with Gasteiger partial charge in [-0.2, -0.15) is 0 Å². The van der Waals surface area contributed by atoms with E-state index in [-0.39, 0.29) is 24.3 Å². The van der Waals surface area contributed by atoms with Crippen LogP contribution in [0.2, 0.25) is 0 Å². The first-order chi connectivity index (χ1) is 11.9. The molecule has 136 valence electrons. The largest absolute Gasteiger partial charge is 0.491 e. The molecule has 0 bridgehead atoms. The van der Waals surface area contributed by atoms with E-state index in [1.54, 1.807) is 7.05 Å². The van der Waals surface area contributed by atoms with E-state index < -0.39 is 6.04 Å². The van der Waals surface area contributed by atoms with E-state index in [2.05, 4.69) is 6.92 Å². The molecular weight excluding hydrogens is 322 g/mol. The molecule has 1 heterocycles. The molecule has 1 fully saturated rings. The van der Waals surface area contributed by atoms with Gasteiger partial charge in [-0.05, 0) is 18.1 Å². The summed E-state index contributed by atoms with van der Waals surface area (Å²) in [5.41, 5.74) is 1.12. The zero-order valence-corrected chi connectivity index (χ0v) is 15.2. The molecule has 1 aliphatic rings. The highest BCUT2D eigenvalue weighted by molar-refractivity contribution is 6.05. The fraction of sp³-hybridized carbons (Fsp3) is 0.500. The highest BCUT2D eigenvalue weighted by Gasteiger charge is 2.42. The minimum absolute atomic E-state index is 0.0204. The minimum Gasteiger partial charge on any atom is -0.491 e. The quantitative estimate of drug-likeness (QED) is 0.699. The number of nitrogens with zero attached hydrogens (tertiary/aromatic N) is 3. The fourth-order valence-electron chi connectivity index (χ4n) is 2.75. The molecule has 0 spiro atoms. The van der Waals surface area contributed by atoms with Gasteiger partial charge in [-0.15, -0.1) is 0 Å². The van der Waals surface area contributed by atoms with Crippen LogP contribution in [-0.4, -0.2) is 72.9 Å². The summed E-state index contributed by atoms with van der Waals surface area (Å²) in [5.74, 6) is 0.284. The average Bonchev–Trinajstić information content (AvgIpc) is 2.79. The highest BCUT2D eigenvalue weighted by Crippen LogP contribution is 2.19. The fourth-order valence-corrected chi connectivity index (χ4v) is 2.75. The molecule has 0 radical (unpaired) electrons. The van der Waals surface area contributed by atoms with E-state index >= 15 is 0 Å². The Labute approximate surface area is 148 Å². The average molecular weight is 347 g/mol. The molecule has 1 aromatic rings.